The van der Waals surface area contributed by atoms with Gasteiger partial charge in [-0.2, -0.15) is 0 Å². The number of ether oxygens (including phenoxy) is 1. The molecule has 5 atom stereocenters. The number of carbonyl (C=O) groups excluding carboxylic acids is 1. The third-order valence-corrected chi connectivity index (χ3v) is 10.4. The molecule has 1 aliphatic rings. The minimum atomic E-state index is -1.32. The summed E-state index contributed by atoms with van der Waals surface area (Å²) < 4.78 is 5.91. The van der Waals surface area contributed by atoms with Gasteiger partial charge in [-0.25, -0.2) is 0 Å². The summed E-state index contributed by atoms with van der Waals surface area (Å²) in [4.78, 5) is 15.0. The number of rotatable bonds is 33. The third kappa shape index (κ3) is 22.7. The number of amides is 1. The van der Waals surface area contributed by atoms with Gasteiger partial charge in [0.05, 0.1) is 6.10 Å². The van der Waals surface area contributed by atoms with Crippen LogP contribution >= 0.6 is 0 Å². The number of hydrogen-bond acceptors (Lipinski definition) is 5. The van der Waals surface area contributed by atoms with E-state index in [1.54, 1.807) is 11.8 Å². The van der Waals surface area contributed by atoms with Gasteiger partial charge in [-0.1, -0.05) is 174 Å². The zero-order chi connectivity index (χ0) is 35.1. The SMILES string of the molecule is CCCCCCCC/C=C\CCCCCCCC(=O)N(CCCCCCCCCCCCCCCCCC)C1O[C@H](C)[C@@H](O)[C@H](O)[C@@H]1O. The Morgan fingerprint density at radius 2 is 0.896 bits per heavy atom. The van der Waals surface area contributed by atoms with Crippen LogP contribution < -0.4 is 0 Å². The predicted octanol–water partition coefficient (Wildman–Crippen LogP) is 10.9. The second-order valence-electron chi connectivity index (χ2n) is 14.9. The first kappa shape index (κ1) is 45.1. The molecule has 0 aromatic carbocycles. The van der Waals surface area contributed by atoms with Crippen molar-refractivity contribution in [3.63, 3.8) is 0 Å². The molecule has 0 radical (unpaired) electrons. The summed E-state index contributed by atoms with van der Waals surface area (Å²) in [6, 6.07) is 0. The summed E-state index contributed by atoms with van der Waals surface area (Å²) in [5.41, 5.74) is 0. The molecule has 0 aromatic heterocycles. The van der Waals surface area contributed by atoms with E-state index in [1.807, 2.05) is 0 Å². The number of allylic oxidation sites excluding steroid dienone is 2. The van der Waals surface area contributed by atoms with Crippen LogP contribution in [0, 0.1) is 0 Å². The normalized spacial score (nSPS) is 21.3. The molecular weight excluding hydrogens is 598 g/mol. The fraction of sp³-hybridized carbons (Fsp3) is 0.929. The topological polar surface area (TPSA) is 90.2 Å². The maximum atomic E-state index is 13.4. The molecule has 0 saturated carbocycles. The van der Waals surface area contributed by atoms with E-state index in [9.17, 15) is 20.1 Å². The zero-order valence-electron chi connectivity index (χ0n) is 32.1. The molecule has 0 aliphatic carbocycles. The Labute approximate surface area is 297 Å². The van der Waals surface area contributed by atoms with Crippen LogP contribution in [0.2, 0.25) is 0 Å². The fourth-order valence-electron chi connectivity index (χ4n) is 7.00. The molecule has 6 nitrogen and oxygen atoms in total. The van der Waals surface area contributed by atoms with Crippen molar-refractivity contribution < 1.29 is 24.9 Å². The van der Waals surface area contributed by atoms with Gasteiger partial charge in [0.15, 0.2) is 6.23 Å². The number of carbonyl (C=O) groups is 1. The average molecular weight is 680 g/mol. The third-order valence-electron chi connectivity index (χ3n) is 10.4. The largest absolute Gasteiger partial charge is 0.388 e. The molecule has 48 heavy (non-hydrogen) atoms. The van der Waals surface area contributed by atoms with E-state index in [0.29, 0.717) is 13.0 Å². The summed E-state index contributed by atoms with van der Waals surface area (Å²) in [6.07, 6.45) is 36.3. The van der Waals surface area contributed by atoms with E-state index < -0.39 is 30.6 Å². The van der Waals surface area contributed by atoms with Crippen LogP contribution in [0.1, 0.15) is 213 Å². The van der Waals surface area contributed by atoms with Crippen LogP contribution in [-0.2, 0) is 9.53 Å². The van der Waals surface area contributed by atoms with Crippen LogP contribution in [0.4, 0.5) is 0 Å². The summed E-state index contributed by atoms with van der Waals surface area (Å²) in [5, 5.41) is 31.4. The van der Waals surface area contributed by atoms with E-state index in [2.05, 4.69) is 26.0 Å². The first-order valence-corrected chi connectivity index (χ1v) is 21.1. The molecule has 1 unspecified atom stereocenters. The van der Waals surface area contributed by atoms with Crippen molar-refractivity contribution in [1.82, 2.24) is 4.90 Å². The summed E-state index contributed by atoms with van der Waals surface area (Å²) >= 11 is 0. The van der Waals surface area contributed by atoms with E-state index in [1.165, 1.54) is 141 Å². The van der Waals surface area contributed by atoms with Crippen molar-refractivity contribution in [1.29, 1.82) is 0 Å². The van der Waals surface area contributed by atoms with Gasteiger partial charge in [-0.15, -0.1) is 0 Å². The first-order valence-electron chi connectivity index (χ1n) is 21.1. The molecule has 0 aromatic rings. The molecule has 1 rings (SSSR count). The molecule has 3 N–H and O–H groups in total. The second-order valence-corrected chi connectivity index (χ2v) is 14.9. The van der Waals surface area contributed by atoms with Gasteiger partial charge in [-0.3, -0.25) is 4.79 Å². The average Bonchev–Trinajstić information content (AvgIpc) is 3.08. The number of aliphatic hydroxyl groups excluding tert-OH is 3. The first-order chi connectivity index (χ1) is 23.4. The van der Waals surface area contributed by atoms with Crippen LogP contribution in [0.3, 0.4) is 0 Å². The lowest BCUT2D eigenvalue weighted by Gasteiger charge is -2.44. The Morgan fingerprint density at radius 3 is 1.33 bits per heavy atom. The van der Waals surface area contributed by atoms with Gasteiger partial charge in [0, 0.05) is 13.0 Å². The van der Waals surface area contributed by atoms with Crippen LogP contribution in [0.15, 0.2) is 12.2 Å². The lowest BCUT2D eigenvalue weighted by atomic mass is 9.97. The van der Waals surface area contributed by atoms with Gasteiger partial charge in [0.1, 0.15) is 18.3 Å². The van der Waals surface area contributed by atoms with Gasteiger partial charge in [0.25, 0.3) is 0 Å². The quantitative estimate of drug-likeness (QED) is 0.0474. The van der Waals surface area contributed by atoms with Crippen molar-refractivity contribution in [2.75, 3.05) is 6.54 Å². The minimum absolute atomic E-state index is 0.0200. The highest BCUT2D eigenvalue weighted by atomic mass is 16.5. The highest BCUT2D eigenvalue weighted by Gasteiger charge is 2.45. The predicted molar refractivity (Wildman–Crippen MR) is 203 cm³/mol. The maximum absolute atomic E-state index is 13.4. The fourth-order valence-corrected chi connectivity index (χ4v) is 7.00. The number of hydrogen-bond donors (Lipinski definition) is 3. The van der Waals surface area contributed by atoms with Crippen molar-refractivity contribution in [2.24, 2.45) is 0 Å². The Hall–Kier alpha value is -0.950. The second kappa shape index (κ2) is 32.0. The molecule has 1 saturated heterocycles. The monoisotopic (exact) mass is 680 g/mol. The van der Waals surface area contributed by atoms with Gasteiger partial charge >= 0.3 is 0 Å². The Balaban J connectivity index is 2.25. The van der Waals surface area contributed by atoms with Crippen LogP contribution in [0.25, 0.3) is 0 Å². The molecule has 284 valence electrons. The molecule has 1 amide bonds. The van der Waals surface area contributed by atoms with E-state index in [0.717, 1.165) is 44.9 Å². The molecular formula is C42H81NO5. The summed E-state index contributed by atoms with van der Waals surface area (Å²) in [6.45, 7) is 6.74. The Bertz CT molecular complexity index is 746. The maximum Gasteiger partial charge on any atom is 0.224 e. The van der Waals surface area contributed by atoms with E-state index >= 15 is 0 Å². The van der Waals surface area contributed by atoms with Crippen LogP contribution in [-0.4, -0.2) is 63.3 Å². The lowest BCUT2D eigenvalue weighted by Crippen LogP contribution is -2.62. The lowest BCUT2D eigenvalue weighted by molar-refractivity contribution is -0.253. The van der Waals surface area contributed by atoms with Crippen molar-refractivity contribution in [3.05, 3.63) is 12.2 Å². The molecule has 1 aliphatic heterocycles. The highest BCUT2D eigenvalue weighted by molar-refractivity contribution is 5.76. The number of aliphatic hydroxyl groups is 3. The van der Waals surface area contributed by atoms with Crippen molar-refractivity contribution >= 4 is 5.91 Å². The molecule has 6 heteroatoms. The number of unbranched alkanes of at least 4 members (excludes halogenated alkanes) is 26. The Morgan fingerprint density at radius 1 is 0.521 bits per heavy atom. The molecule has 1 heterocycles. The number of nitrogens with zero attached hydrogens (tertiary/aromatic N) is 1. The summed E-state index contributed by atoms with van der Waals surface area (Å²) in [5.74, 6) is -0.0200. The Kier molecular flexibility index (Phi) is 30.0. The van der Waals surface area contributed by atoms with Crippen LogP contribution in [0.5, 0.6) is 0 Å². The van der Waals surface area contributed by atoms with E-state index in [-0.39, 0.29) is 5.91 Å². The van der Waals surface area contributed by atoms with Crippen molar-refractivity contribution in [3.8, 4) is 0 Å². The van der Waals surface area contributed by atoms with Crippen molar-refractivity contribution in [2.45, 2.75) is 244 Å². The molecule has 0 spiro atoms. The van der Waals surface area contributed by atoms with Gasteiger partial charge in [0.2, 0.25) is 5.91 Å². The van der Waals surface area contributed by atoms with E-state index in [4.69, 9.17) is 4.74 Å². The molecule has 1 fully saturated rings. The highest BCUT2D eigenvalue weighted by Crippen LogP contribution is 2.25. The smallest absolute Gasteiger partial charge is 0.224 e. The minimum Gasteiger partial charge on any atom is -0.388 e. The van der Waals surface area contributed by atoms with Gasteiger partial charge < -0.3 is 25.0 Å². The summed E-state index contributed by atoms with van der Waals surface area (Å²) in [7, 11) is 0. The molecule has 0 bridgehead atoms. The zero-order valence-corrected chi connectivity index (χ0v) is 32.1. The van der Waals surface area contributed by atoms with Gasteiger partial charge in [-0.05, 0) is 45.4 Å². The standard InChI is InChI=1S/C42H81NO5/c1-4-6-8-10-12-14-16-18-20-22-24-26-28-30-32-34-36-43(42-41(47)40(46)39(45)37(3)48-42)38(44)35-33-31-29-27-25-23-21-19-17-15-13-11-9-7-5-2/h19,21,37,39-42,45-47H,4-18,20,22-36H2,1-3H3/b21-19-/t37-,39-,40+,41+,42?/m1/s1.